The monoisotopic (exact) mass is 251 g/mol. The van der Waals surface area contributed by atoms with Gasteiger partial charge in [-0.25, -0.2) is 14.4 Å². The Labute approximate surface area is 104 Å². The van der Waals surface area contributed by atoms with Crippen LogP contribution in [0, 0.1) is 12.7 Å². The molecular weight excluding hydrogens is 241 g/mol. The van der Waals surface area contributed by atoms with Crippen LogP contribution >= 0.6 is 11.6 Å². The highest BCUT2D eigenvalue weighted by Gasteiger charge is 2.09. The molecule has 1 aromatic carbocycles. The molecule has 0 spiro atoms. The molecule has 1 aromatic heterocycles. The van der Waals surface area contributed by atoms with Crippen molar-refractivity contribution in [1.82, 2.24) is 9.97 Å². The van der Waals surface area contributed by atoms with Gasteiger partial charge in [0.1, 0.15) is 11.6 Å². The Morgan fingerprint density at radius 1 is 1.24 bits per heavy atom. The van der Waals surface area contributed by atoms with Gasteiger partial charge in [-0.05, 0) is 25.1 Å². The van der Waals surface area contributed by atoms with Crippen LogP contribution in [0.1, 0.15) is 5.69 Å². The third-order valence-electron chi connectivity index (χ3n) is 2.28. The fourth-order valence-corrected chi connectivity index (χ4v) is 1.74. The van der Waals surface area contributed by atoms with Gasteiger partial charge in [0, 0.05) is 24.4 Å². The van der Waals surface area contributed by atoms with Crippen molar-refractivity contribution in [2.24, 2.45) is 0 Å². The topological polar surface area (TPSA) is 37.8 Å². The van der Waals surface area contributed by atoms with E-state index in [0.717, 1.165) is 5.69 Å². The van der Waals surface area contributed by atoms with Gasteiger partial charge in [-0.15, -0.1) is 0 Å². The number of halogens is 2. The second-order valence-electron chi connectivity index (χ2n) is 3.59. The van der Waals surface area contributed by atoms with Gasteiger partial charge in [-0.2, -0.15) is 0 Å². The number of aromatic nitrogens is 2. The van der Waals surface area contributed by atoms with E-state index in [2.05, 4.69) is 15.3 Å². The number of hydrogen-bond acceptors (Lipinski definition) is 3. The van der Waals surface area contributed by atoms with E-state index in [1.807, 2.05) is 13.0 Å². The van der Waals surface area contributed by atoms with Gasteiger partial charge >= 0.3 is 0 Å². The van der Waals surface area contributed by atoms with E-state index in [1.54, 1.807) is 13.1 Å². The van der Waals surface area contributed by atoms with Crippen LogP contribution in [0.2, 0.25) is 5.02 Å². The van der Waals surface area contributed by atoms with Crippen LogP contribution < -0.4 is 5.32 Å². The molecule has 0 unspecified atom stereocenters. The van der Waals surface area contributed by atoms with Crippen LogP contribution in [-0.2, 0) is 0 Å². The summed E-state index contributed by atoms with van der Waals surface area (Å²) in [5.74, 6) is 0.812. The lowest BCUT2D eigenvalue weighted by Crippen LogP contribution is -1.98. The Hall–Kier alpha value is -1.68. The first-order valence-corrected chi connectivity index (χ1v) is 5.47. The Bertz CT molecular complexity index is 557. The number of benzene rings is 1. The molecule has 0 saturated carbocycles. The van der Waals surface area contributed by atoms with E-state index in [0.29, 0.717) is 22.2 Å². The average molecular weight is 252 g/mol. The molecule has 2 aromatic rings. The molecule has 0 aliphatic rings. The molecule has 0 aliphatic carbocycles. The molecule has 0 fully saturated rings. The molecule has 0 atom stereocenters. The summed E-state index contributed by atoms with van der Waals surface area (Å²) in [7, 11) is 1.78. The highest BCUT2D eigenvalue weighted by atomic mass is 35.5. The number of nitrogens with one attached hydrogen (secondary N) is 1. The molecule has 0 radical (unpaired) electrons. The van der Waals surface area contributed by atoms with Crippen molar-refractivity contribution < 1.29 is 4.39 Å². The number of rotatable bonds is 2. The maximum Gasteiger partial charge on any atom is 0.163 e. The summed E-state index contributed by atoms with van der Waals surface area (Å²) in [5.41, 5.74) is 1.44. The molecule has 0 bridgehead atoms. The number of anilines is 1. The first kappa shape index (κ1) is 11.8. The Balaban J connectivity index is 2.55. The number of aryl methyl sites for hydroxylation is 1. The highest BCUT2D eigenvalue weighted by Crippen LogP contribution is 2.26. The third kappa shape index (κ3) is 2.53. The van der Waals surface area contributed by atoms with Gasteiger partial charge in [-0.1, -0.05) is 11.6 Å². The van der Waals surface area contributed by atoms with Gasteiger partial charge in [0.25, 0.3) is 0 Å². The minimum absolute atomic E-state index is 0.303. The lowest BCUT2D eigenvalue weighted by molar-refractivity contribution is 0.628. The standard InChI is InChI=1S/C12H11ClFN3/c1-7-5-11(15-2)17-12(16-7)9-4-3-8(14)6-10(9)13/h3-6H,1-2H3,(H,15,16,17). The third-order valence-corrected chi connectivity index (χ3v) is 2.60. The Morgan fingerprint density at radius 3 is 2.65 bits per heavy atom. The Kier molecular flexibility index (Phi) is 3.24. The summed E-state index contributed by atoms with van der Waals surface area (Å²) >= 11 is 5.97. The predicted octanol–water partition coefficient (Wildman–Crippen LogP) is 3.29. The molecule has 1 N–H and O–H groups in total. The van der Waals surface area contributed by atoms with Crippen molar-refractivity contribution in [3.63, 3.8) is 0 Å². The van der Waals surface area contributed by atoms with Crippen molar-refractivity contribution in [2.75, 3.05) is 12.4 Å². The zero-order valence-electron chi connectivity index (χ0n) is 9.46. The molecule has 17 heavy (non-hydrogen) atoms. The molecule has 3 nitrogen and oxygen atoms in total. The van der Waals surface area contributed by atoms with Crippen molar-refractivity contribution >= 4 is 17.4 Å². The molecule has 2 rings (SSSR count). The fourth-order valence-electron chi connectivity index (χ4n) is 1.49. The summed E-state index contributed by atoms with van der Waals surface area (Å²) in [6.45, 7) is 1.86. The second-order valence-corrected chi connectivity index (χ2v) is 4.00. The van der Waals surface area contributed by atoms with Gasteiger partial charge < -0.3 is 5.32 Å². The van der Waals surface area contributed by atoms with Crippen LogP contribution in [-0.4, -0.2) is 17.0 Å². The zero-order valence-corrected chi connectivity index (χ0v) is 10.2. The van der Waals surface area contributed by atoms with E-state index in [9.17, 15) is 4.39 Å². The smallest absolute Gasteiger partial charge is 0.163 e. The zero-order chi connectivity index (χ0) is 12.4. The van der Waals surface area contributed by atoms with E-state index >= 15 is 0 Å². The van der Waals surface area contributed by atoms with Crippen LogP contribution in [0.25, 0.3) is 11.4 Å². The van der Waals surface area contributed by atoms with Gasteiger partial charge in [0.15, 0.2) is 5.82 Å². The summed E-state index contributed by atoms with van der Waals surface area (Å²) in [6.07, 6.45) is 0. The van der Waals surface area contributed by atoms with E-state index < -0.39 is 0 Å². The molecule has 0 amide bonds. The molecule has 88 valence electrons. The number of hydrogen-bond donors (Lipinski definition) is 1. The average Bonchev–Trinajstić information content (AvgIpc) is 2.28. The largest absolute Gasteiger partial charge is 0.373 e. The summed E-state index contributed by atoms with van der Waals surface area (Å²) in [6, 6.07) is 5.99. The van der Waals surface area contributed by atoms with Gasteiger partial charge in [0.2, 0.25) is 0 Å². The van der Waals surface area contributed by atoms with Gasteiger partial charge in [0.05, 0.1) is 5.02 Å². The first-order valence-electron chi connectivity index (χ1n) is 5.09. The van der Waals surface area contributed by atoms with E-state index in [1.165, 1.54) is 12.1 Å². The second kappa shape index (κ2) is 4.67. The van der Waals surface area contributed by atoms with Crippen LogP contribution in [0.3, 0.4) is 0 Å². The van der Waals surface area contributed by atoms with Crippen LogP contribution in [0.4, 0.5) is 10.2 Å². The van der Waals surface area contributed by atoms with Crippen LogP contribution in [0.5, 0.6) is 0 Å². The normalized spacial score (nSPS) is 10.4. The molecular formula is C12H11ClFN3. The van der Waals surface area contributed by atoms with Crippen molar-refractivity contribution in [3.8, 4) is 11.4 Å². The van der Waals surface area contributed by atoms with Gasteiger partial charge in [-0.3, -0.25) is 0 Å². The predicted molar refractivity (Wildman–Crippen MR) is 66.7 cm³/mol. The van der Waals surface area contributed by atoms with Crippen LogP contribution in [0.15, 0.2) is 24.3 Å². The van der Waals surface area contributed by atoms with Crippen molar-refractivity contribution in [1.29, 1.82) is 0 Å². The summed E-state index contributed by atoms with van der Waals surface area (Å²) < 4.78 is 13.0. The van der Waals surface area contributed by atoms with Crippen molar-refractivity contribution in [2.45, 2.75) is 6.92 Å². The first-order chi connectivity index (χ1) is 8.10. The SMILES string of the molecule is CNc1cc(C)nc(-c2ccc(F)cc2Cl)n1. The minimum Gasteiger partial charge on any atom is -0.373 e. The molecule has 5 heteroatoms. The van der Waals surface area contributed by atoms with E-state index in [-0.39, 0.29) is 5.82 Å². The number of nitrogens with zero attached hydrogens (tertiary/aromatic N) is 2. The highest BCUT2D eigenvalue weighted by molar-refractivity contribution is 6.33. The fraction of sp³-hybridized carbons (Fsp3) is 0.167. The molecule has 0 aliphatic heterocycles. The minimum atomic E-state index is -0.375. The van der Waals surface area contributed by atoms with Crippen molar-refractivity contribution in [3.05, 3.63) is 40.8 Å². The lowest BCUT2D eigenvalue weighted by Gasteiger charge is -2.07. The summed E-state index contributed by atoms with van der Waals surface area (Å²) in [5, 5.41) is 3.24. The molecule has 1 heterocycles. The lowest BCUT2D eigenvalue weighted by atomic mass is 10.2. The quantitative estimate of drug-likeness (QED) is 0.890. The Morgan fingerprint density at radius 2 is 2.00 bits per heavy atom. The van der Waals surface area contributed by atoms with E-state index in [4.69, 9.17) is 11.6 Å². The summed E-state index contributed by atoms with van der Waals surface area (Å²) in [4.78, 5) is 8.57. The maximum absolute atomic E-state index is 13.0. The molecule has 0 saturated heterocycles. The maximum atomic E-state index is 13.0.